The van der Waals surface area contributed by atoms with E-state index in [1.165, 1.54) is 6.92 Å². The van der Waals surface area contributed by atoms with E-state index < -0.39 is 0 Å². The van der Waals surface area contributed by atoms with Crippen molar-refractivity contribution in [3.63, 3.8) is 0 Å². The molecule has 0 N–H and O–H groups in total. The van der Waals surface area contributed by atoms with Crippen LogP contribution < -0.4 is 0 Å². The lowest BCUT2D eigenvalue weighted by Gasteiger charge is -2.14. The van der Waals surface area contributed by atoms with Crippen LogP contribution in [0.4, 0.5) is 0 Å². The molecule has 3 heteroatoms. The Balaban J connectivity index is 2.62. The van der Waals surface area contributed by atoms with Crippen molar-refractivity contribution < 1.29 is 14.3 Å². The largest absolute Gasteiger partial charge is 0.466 e. The number of hydrogen-bond donors (Lipinski definition) is 0. The molecule has 0 aromatic rings. The van der Waals surface area contributed by atoms with Crippen LogP contribution in [0.5, 0.6) is 0 Å². The first-order chi connectivity index (χ1) is 6.16. The highest BCUT2D eigenvalue weighted by Crippen LogP contribution is 2.26. The molecule has 0 amide bonds. The van der Waals surface area contributed by atoms with Gasteiger partial charge in [-0.3, -0.25) is 9.59 Å². The van der Waals surface area contributed by atoms with Gasteiger partial charge in [-0.2, -0.15) is 0 Å². The SMILES string of the molecule is CCOC(=O)C1C=CCC1C(C)=O. The van der Waals surface area contributed by atoms with Gasteiger partial charge in [0.1, 0.15) is 5.78 Å². The van der Waals surface area contributed by atoms with Crippen molar-refractivity contribution in [2.24, 2.45) is 11.8 Å². The number of ether oxygens (including phenoxy) is 1. The minimum atomic E-state index is -0.350. The van der Waals surface area contributed by atoms with Gasteiger partial charge in [0.15, 0.2) is 0 Å². The Morgan fingerprint density at radius 3 is 2.77 bits per heavy atom. The Kier molecular flexibility index (Phi) is 3.23. The summed E-state index contributed by atoms with van der Waals surface area (Å²) in [4.78, 5) is 22.5. The van der Waals surface area contributed by atoms with Gasteiger partial charge < -0.3 is 4.74 Å². The summed E-state index contributed by atoms with van der Waals surface area (Å²) in [6.45, 7) is 3.65. The van der Waals surface area contributed by atoms with Crippen LogP contribution in [-0.2, 0) is 14.3 Å². The van der Waals surface area contributed by atoms with E-state index in [9.17, 15) is 9.59 Å². The van der Waals surface area contributed by atoms with Crippen molar-refractivity contribution in [2.75, 3.05) is 6.61 Å². The molecule has 0 radical (unpaired) electrons. The van der Waals surface area contributed by atoms with Crippen molar-refractivity contribution >= 4 is 11.8 Å². The second-order valence-corrected chi connectivity index (χ2v) is 3.16. The molecule has 1 rings (SSSR count). The standard InChI is InChI=1S/C10H14O3/c1-3-13-10(12)9-6-4-5-8(9)7(2)11/h4,6,8-9H,3,5H2,1-2H3. The highest BCUT2D eigenvalue weighted by molar-refractivity contribution is 5.87. The molecular weight excluding hydrogens is 168 g/mol. The molecule has 0 aromatic carbocycles. The number of ketones is 1. The fourth-order valence-corrected chi connectivity index (χ4v) is 1.55. The van der Waals surface area contributed by atoms with E-state index in [0.29, 0.717) is 13.0 Å². The van der Waals surface area contributed by atoms with E-state index in [1.807, 2.05) is 6.08 Å². The molecule has 13 heavy (non-hydrogen) atoms. The van der Waals surface area contributed by atoms with E-state index in [2.05, 4.69) is 0 Å². The zero-order chi connectivity index (χ0) is 9.84. The molecule has 0 saturated carbocycles. The number of rotatable bonds is 3. The number of carbonyl (C=O) groups is 2. The first-order valence-corrected chi connectivity index (χ1v) is 4.50. The van der Waals surface area contributed by atoms with Gasteiger partial charge in [0.2, 0.25) is 0 Å². The van der Waals surface area contributed by atoms with E-state index in [-0.39, 0.29) is 23.6 Å². The van der Waals surface area contributed by atoms with Crippen LogP contribution in [0.3, 0.4) is 0 Å². The highest BCUT2D eigenvalue weighted by Gasteiger charge is 2.32. The second kappa shape index (κ2) is 4.21. The van der Waals surface area contributed by atoms with Crippen LogP contribution in [0, 0.1) is 11.8 Å². The fourth-order valence-electron chi connectivity index (χ4n) is 1.55. The van der Waals surface area contributed by atoms with Crippen molar-refractivity contribution in [3.8, 4) is 0 Å². The summed E-state index contributed by atoms with van der Waals surface area (Å²) < 4.78 is 4.86. The molecule has 1 aliphatic carbocycles. The number of hydrogen-bond acceptors (Lipinski definition) is 3. The van der Waals surface area contributed by atoms with Gasteiger partial charge in [0.25, 0.3) is 0 Å². The van der Waals surface area contributed by atoms with Crippen LogP contribution in [0.1, 0.15) is 20.3 Å². The lowest BCUT2D eigenvalue weighted by Crippen LogP contribution is -2.25. The molecule has 0 heterocycles. The van der Waals surface area contributed by atoms with Gasteiger partial charge in [-0.25, -0.2) is 0 Å². The molecule has 0 aliphatic heterocycles. The first-order valence-electron chi connectivity index (χ1n) is 4.50. The molecule has 3 nitrogen and oxygen atoms in total. The molecule has 0 aromatic heterocycles. The average Bonchev–Trinajstić information content (AvgIpc) is 2.52. The fraction of sp³-hybridized carbons (Fsp3) is 0.600. The smallest absolute Gasteiger partial charge is 0.313 e. The van der Waals surface area contributed by atoms with Gasteiger partial charge >= 0.3 is 5.97 Å². The molecule has 2 atom stereocenters. The van der Waals surface area contributed by atoms with Gasteiger partial charge in [-0.05, 0) is 20.3 Å². The number of esters is 1. The third-order valence-corrected chi connectivity index (χ3v) is 2.25. The van der Waals surface area contributed by atoms with Crippen LogP contribution in [0.25, 0.3) is 0 Å². The van der Waals surface area contributed by atoms with Crippen LogP contribution in [-0.4, -0.2) is 18.4 Å². The summed E-state index contributed by atoms with van der Waals surface area (Å²) in [7, 11) is 0. The third-order valence-electron chi connectivity index (χ3n) is 2.25. The van der Waals surface area contributed by atoms with Crippen molar-refractivity contribution in [1.82, 2.24) is 0 Å². The minimum Gasteiger partial charge on any atom is -0.466 e. The summed E-state index contributed by atoms with van der Waals surface area (Å²) in [5.74, 6) is -0.768. The quantitative estimate of drug-likeness (QED) is 0.488. The monoisotopic (exact) mass is 182 g/mol. The summed E-state index contributed by atoms with van der Waals surface area (Å²) in [5, 5.41) is 0. The zero-order valence-corrected chi connectivity index (χ0v) is 7.95. The lowest BCUT2D eigenvalue weighted by atomic mass is 9.92. The molecule has 0 fully saturated rings. The van der Waals surface area contributed by atoms with Gasteiger partial charge in [0, 0.05) is 5.92 Å². The molecular formula is C10H14O3. The topological polar surface area (TPSA) is 43.4 Å². The van der Waals surface area contributed by atoms with Crippen LogP contribution in [0.2, 0.25) is 0 Å². The maximum Gasteiger partial charge on any atom is 0.313 e. The van der Waals surface area contributed by atoms with E-state index in [0.717, 1.165) is 0 Å². The van der Waals surface area contributed by atoms with E-state index >= 15 is 0 Å². The third kappa shape index (κ3) is 2.17. The molecule has 0 saturated heterocycles. The number of Topliss-reactive ketones (excluding diaryl/α,β-unsaturated/α-hetero) is 1. The average molecular weight is 182 g/mol. The van der Waals surface area contributed by atoms with Gasteiger partial charge in [-0.15, -0.1) is 0 Å². The predicted octanol–water partition coefficient (Wildman–Crippen LogP) is 1.33. The predicted molar refractivity (Wildman–Crippen MR) is 48.1 cm³/mol. The lowest BCUT2D eigenvalue weighted by molar-refractivity contribution is -0.149. The normalized spacial score (nSPS) is 26.0. The summed E-state index contributed by atoms with van der Waals surface area (Å²) in [6, 6.07) is 0. The molecule has 0 spiro atoms. The Morgan fingerprint density at radius 1 is 1.54 bits per heavy atom. The van der Waals surface area contributed by atoms with E-state index in [1.54, 1.807) is 13.0 Å². The Labute approximate surface area is 77.8 Å². The van der Waals surface area contributed by atoms with Crippen molar-refractivity contribution in [1.29, 1.82) is 0 Å². The summed E-state index contributed by atoms with van der Waals surface area (Å²) in [5.41, 5.74) is 0. The van der Waals surface area contributed by atoms with Crippen molar-refractivity contribution in [2.45, 2.75) is 20.3 Å². The molecule has 0 bridgehead atoms. The van der Waals surface area contributed by atoms with Crippen LogP contribution in [0.15, 0.2) is 12.2 Å². The molecule has 2 unspecified atom stereocenters. The van der Waals surface area contributed by atoms with Crippen molar-refractivity contribution in [3.05, 3.63) is 12.2 Å². The maximum absolute atomic E-state index is 11.3. The summed E-state index contributed by atoms with van der Waals surface area (Å²) in [6.07, 6.45) is 4.30. The zero-order valence-electron chi connectivity index (χ0n) is 7.95. The second-order valence-electron chi connectivity index (χ2n) is 3.16. The maximum atomic E-state index is 11.3. The van der Waals surface area contributed by atoms with Gasteiger partial charge in [0.05, 0.1) is 12.5 Å². The molecule has 72 valence electrons. The molecule has 1 aliphatic rings. The van der Waals surface area contributed by atoms with Crippen LogP contribution >= 0.6 is 0 Å². The Hall–Kier alpha value is -1.12. The van der Waals surface area contributed by atoms with E-state index in [4.69, 9.17) is 4.74 Å². The first kappa shape index (κ1) is 9.96. The van der Waals surface area contributed by atoms with Gasteiger partial charge in [-0.1, -0.05) is 12.2 Å². The Morgan fingerprint density at radius 2 is 2.23 bits per heavy atom. The summed E-state index contributed by atoms with van der Waals surface area (Å²) >= 11 is 0. The Bertz CT molecular complexity index is 243. The minimum absolute atomic E-state index is 0.0584. The number of carbonyl (C=O) groups excluding carboxylic acids is 2. The highest BCUT2D eigenvalue weighted by atomic mass is 16.5. The number of allylic oxidation sites excluding steroid dienone is 1.